The number of nitrogens with one attached hydrogen (secondary N) is 1. The van der Waals surface area contributed by atoms with E-state index in [0.717, 1.165) is 17.1 Å². The van der Waals surface area contributed by atoms with Crippen molar-refractivity contribution in [2.24, 2.45) is 0 Å². The Hall–Kier alpha value is -2.80. The van der Waals surface area contributed by atoms with E-state index in [1.165, 1.54) is 18.3 Å². The van der Waals surface area contributed by atoms with Crippen molar-refractivity contribution in [2.45, 2.75) is 26.8 Å². The molecule has 7 heteroatoms. The van der Waals surface area contributed by atoms with Gasteiger partial charge in [0.2, 0.25) is 0 Å². The van der Waals surface area contributed by atoms with Gasteiger partial charge >= 0.3 is 0 Å². The molecule has 0 unspecified atom stereocenters. The van der Waals surface area contributed by atoms with E-state index in [9.17, 15) is 9.59 Å². The largest absolute Gasteiger partial charge is 0.345 e. The smallest absolute Gasteiger partial charge is 0.261 e. The van der Waals surface area contributed by atoms with Crippen molar-refractivity contribution < 1.29 is 9.59 Å². The van der Waals surface area contributed by atoms with Crippen LogP contribution in [-0.4, -0.2) is 26.5 Å². The summed E-state index contributed by atoms with van der Waals surface area (Å²) >= 11 is 1.20. The van der Waals surface area contributed by atoms with Gasteiger partial charge in [0.25, 0.3) is 5.91 Å². The van der Waals surface area contributed by atoms with Crippen molar-refractivity contribution in [2.75, 3.05) is 0 Å². The van der Waals surface area contributed by atoms with Gasteiger partial charge in [0, 0.05) is 17.5 Å². The van der Waals surface area contributed by atoms with E-state index >= 15 is 0 Å². The standard InChI is InChI=1S/C18H18N4O2S/c1-11(21-18(24)16-8-7-15(25-16)13(3)23)14-10-20-22(12(14)2)17-6-4-5-9-19-17/h4-11H,1-3H3,(H,21,24)/t11-/m0/s1. The fraction of sp³-hybridized carbons (Fsp3) is 0.222. The van der Waals surface area contributed by atoms with Crippen LogP contribution >= 0.6 is 11.3 Å². The monoisotopic (exact) mass is 354 g/mol. The first-order valence-corrected chi connectivity index (χ1v) is 8.66. The Labute approximate surface area is 149 Å². The number of rotatable bonds is 5. The minimum Gasteiger partial charge on any atom is -0.345 e. The maximum absolute atomic E-state index is 12.4. The number of carbonyl (C=O) groups is 2. The van der Waals surface area contributed by atoms with Crippen molar-refractivity contribution in [3.63, 3.8) is 0 Å². The summed E-state index contributed by atoms with van der Waals surface area (Å²) in [7, 11) is 0. The molecular formula is C18H18N4O2S. The topological polar surface area (TPSA) is 76.9 Å². The lowest BCUT2D eigenvalue weighted by Crippen LogP contribution is -2.26. The molecule has 1 amide bonds. The van der Waals surface area contributed by atoms with Gasteiger partial charge in [0.05, 0.1) is 22.0 Å². The van der Waals surface area contributed by atoms with Gasteiger partial charge < -0.3 is 5.32 Å². The molecule has 128 valence electrons. The van der Waals surface area contributed by atoms with E-state index in [-0.39, 0.29) is 17.7 Å². The van der Waals surface area contributed by atoms with Gasteiger partial charge in [-0.3, -0.25) is 9.59 Å². The fourth-order valence-corrected chi connectivity index (χ4v) is 3.36. The molecule has 3 aromatic rings. The molecule has 0 aliphatic heterocycles. The van der Waals surface area contributed by atoms with Crippen LogP contribution < -0.4 is 5.32 Å². The fourth-order valence-electron chi connectivity index (χ4n) is 2.55. The summed E-state index contributed by atoms with van der Waals surface area (Å²) in [6, 6.07) is 8.76. The molecule has 0 saturated heterocycles. The van der Waals surface area contributed by atoms with Gasteiger partial charge in [0.1, 0.15) is 0 Å². The van der Waals surface area contributed by atoms with Gasteiger partial charge in [-0.2, -0.15) is 5.10 Å². The van der Waals surface area contributed by atoms with Crippen LogP contribution in [0.1, 0.15) is 50.5 Å². The quantitative estimate of drug-likeness (QED) is 0.713. The van der Waals surface area contributed by atoms with Crippen LogP contribution in [0.4, 0.5) is 0 Å². The number of thiophene rings is 1. The van der Waals surface area contributed by atoms with Gasteiger partial charge in [-0.05, 0) is 45.0 Å². The van der Waals surface area contributed by atoms with Crippen molar-refractivity contribution in [3.05, 3.63) is 63.7 Å². The molecule has 0 bridgehead atoms. The number of amides is 1. The zero-order chi connectivity index (χ0) is 18.0. The number of carbonyl (C=O) groups excluding carboxylic acids is 2. The van der Waals surface area contributed by atoms with E-state index in [2.05, 4.69) is 15.4 Å². The Kier molecular flexibility index (Phi) is 4.76. The average molecular weight is 354 g/mol. The predicted molar refractivity (Wildman–Crippen MR) is 96.3 cm³/mol. The molecule has 3 heterocycles. The summed E-state index contributed by atoms with van der Waals surface area (Å²) in [6.45, 7) is 5.34. The van der Waals surface area contributed by atoms with E-state index < -0.39 is 0 Å². The first-order valence-electron chi connectivity index (χ1n) is 7.85. The van der Waals surface area contributed by atoms with Crippen LogP contribution in [0.3, 0.4) is 0 Å². The van der Waals surface area contributed by atoms with Gasteiger partial charge in [-0.25, -0.2) is 9.67 Å². The third-order valence-corrected chi connectivity index (χ3v) is 5.09. The summed E-state index contributed by atoms with van der Waals surface area (Å²) in [5.41, 5.74) is 1.84. The zero-order valence-corrected chi connectivity index (χ0v) is 15.0. The molecule has 0 spiro atoms. The lowest BCUT2D eigenvalue weighted by Gasteiger charge is -2.13. The Morgan fingerprint density at radius 3 is 2.60 bits per heavy atom. The van der Waals surface area contributed by atoms with Crippen LogP contribution in [0.2, 0.25) is 0 Å². The van der Waals surface area contributed by atoms with Crippen molar-refractivity contribution >= 4 is 23.0 Å². The van der Waals surface area contributed by atoms with Crippen molar-refractivity contribution in [1.29, 1.82) is 0 Å². The Morgan fingerprint density at radius 2 is 1.96 bits per heavy atom. The molecule has 25 heavy (non-hydrogen) atoms. The van der Waals surface area contributed by atoms with E-state index in [1.807, 2.05) is 32.0 Å². The second-order valence-corrected chi connectivity index (χ2v) is 6.78. The van der Waals surface area contributed by atoms with Gasteiger partial charge in [-0.1, -0.05) is 6.07 Å². The molecule has 1 N–H and O–H groups in total. The van der Waals surface area contributed by atoms with E-state index in [4.69, 9.17) is 0 Å². The highest BCUT2D eigenvalue weighted by molar-refractivity contribution is 7.15. The minimum absolute atomic E-state index is 0.0374. The van der Waals surface area contributed by atoms with Crippen LogP contribution in [0.25, 0.3) is 5.82 Å². The minimum atomic E-state index is -0.215. The number of nitrogens with zero attached hydrogens (tertiary/aromatic N) is 3. The first-order chi connectivity index (χ1) is 12.0. The highest BCUT2D eigenvalue weighted by Gasteiger charge is 2.18. The SMILES string of the molecule is CC(=O)c1ccc(C(=O)N[C@@H](C)c2cnn(-c3ccccn3)c2C)s1. The first kappa shape index (κ1) is 17.0. The molecule has 3 rings (SSSR count). The average Bonchev–Trinajstić information content (AvgIpc) is 3.22. The van der Waals surface area contributed by atoms with Crippen LogP contribution in [0.15, 0.2) is 42.7 Å². The lowest BCUT2D eigenvalue weighted by molar-refractivity contribution is 0.0943. The number of Topliss-reactive ketones (excluding diaryl/α,β-unsaturated/α-hetero) is 1. The number of hydrogen-bond acceptors (Lipinski definition) is 5. The highest BCUT2D eigenvalue weighted by Crippen LogP contribution is 2.21. The summed E-state index contributed by atoms with van der Waals surface area (Å²) in [4.78, 5) is 29.2. The summed E-state index contributed by atoms with van der Waals surface area (Å²) in [5, 5.41) is 7.33. The normalized spacial score (nSPS) is 12.0. The van der Waals surface area contributed by atoms with Crippen molar-refractivity contribution in [1.82, 2.24) is 20.1 Å². The number of aromatic nitrogens is 3. The van der Waals surface area contributed by atoms with Gasteiger partial charge in [-0.15, -0.1) is 11.3 Å². The molecule has 0 aliphatic rings. The summed E-state index contributed by atoms with van der Waals surface area (Å²) in [5.74, 6) is 0.494. The number of hydrogen-bond donors (Lipinski definition) is 1. The molecule has 0 aliphatic carbocycles. The Bertz CT molecular complexity index is 914. The van der Waals surface area contributed by atoms with Crippen molar-refractivity contribution in [3.8, 4) is 5.82 Å². The maximum atomic E-state index is 12.4. The Morgan fingerprint density at radius 1 is 1.20 bits per heavy atom. The molecule has 0 fully saturated rings. The number of pyridine rings is 1. The second-order valence-electron chi connectivity index (χ2n) is 5.70. The molecule has 0 saturated carbocycles. The number of ketones is 1. The summed E-state index contributed by atoms with van der Waals surface area (Å²) in [6.07, 6.45) is 3.45. The lowest BCUT2D eigenvalue weighted by atomic mass is 10.1. The highest BCUT2D eigenvalue weighted by atomic mass is 32.1. The summed E-state index contributed by atoms with van der Waals surface area (Å²) < 4.78 is 1.75. The molecule has 1 atom stereocenters. The predicted octanol–water partition coefficient (Wildman–Crippen LogP) is 3.33. The third kappa shape index (κ3) is 3.51. The molecule has 0 radical (unpaired) electrons. The Balaban J connectivity index is 1.77. The molecular weight excluding hydrogens is 336 g/mol. The second kappa shape index (κ2) is 6.98. The molecule has 6 nitrogen and oxygen atoms in total. The molecule has 0 aromatic carbocycles. The zero-order valence-electron chi connectivity index (χ0n) is 14.2. The third-order valence-electron chi connectivity index (χ3n) is 3.90. The molecule has 3 aromatic heterocycles. The van der Waals surface area contributed by atoms with E-state index in [0.29, 0.717) is 9.75 Å². The van der Waals surface area contributed by atoms with Crippen LogP contribution in [0, 0.1) is 6.92 Å². The van der Waals surface area contributed by atoms with Crippen LogP contribution in [-0.2, 0) is 0 Å². The van der Waals surface area contributed by atoms with Crippen LogP contribution in [0.5, 0.6) is 0 Å². The van der Waals surface area contributed by atoms with E-state index in [1.54, 1.807) is 29.2 Å². The maximum Gasteiger partial charge on any atom is 0.261 e. The van der Waals surface area contributed by atoms with Gasteiger partial charge in [0.15, 0.2) is 11.6 Å².